The first-order valence-electron chi connectivity index (χ1n) is 40.0. The number of hydrogen-bond acceptors (Lipinski definition) is 10. The van der Waals surface area contributed by atoms with Crippen LogP contribution >= 0.6 is 0 Å². The number of carbonyl (C=O) groups excluding carboxylic acids is 1. The van der Waals surface area contributed by atoms with Gasteiger partial charge in [-0.25, -0.2) is 18.7 Å². The average Bonchev–Trinajstić information content (AvgIpc) is 1.72. The number of aliphatic hydroxyl groups excluding tert-OH is 2. The summed E-state index contributed by atoms with van der Waals surface area (Å²) in [5.74, 6) is -5.22. The molecule has 669 valence electrons. The number of ketones is 1. The van der Waals surface area contributed by atoms with Crippen LogP contribution in [0.3, 0.4) is 0 Å². The first-order valence-corrected chi connectivity index (χ1v) is 40.0. The topological polar surface area (TPSA) is 176 Å². The number of aromatic nitrogens is 9. The average molecular weight is 2780 g/mol. The molecule has 8 aromatic heterocycles. The second kappa shape index (κ2) is 52.3. The molecule has 17 rings (SSSR count). The molecule has 2 N–H and O–H groups in total. The van der Waals surface area contributed by atoms with Crippen LogP contribution in [-0.2, 0) is 165 Å². The van der Waals surface area contributed by atoms with Gasteiger partial charge in [0, 0.05) is 172 Å². The fourth-order valence-electron chi connectivity index (χ4n) is 14.6. The van der Waals surface area contributed by atoms with Crippen molar-refractivity contribution in [2.45, 2.75) is 133 Å². The molecule has 5 radical (unpaired) electrons. The third-order valence-electron chi connectivity index (χ3n) is 20.1. The summed E-state index contributed by atoms with van der Waals surface area (Å²) in [6.45, 7) is 20.8. The zero-order valence-electron chi connectivity index (χ0n) is 70.8. The predicted octanol–water partition coefficient (Wildman–Crippen LogP) is 24.8. The molecular formula is C102H89F7Ir5N9O3Pt-5. The Morgan fingerprint density at radius 1 is 0.402 bits per heavy atom. The van der Waals surface area contributed by atoms with Gasteiger partial charge in [-0.05, 0) is 163 Å². The van der Waals surface area contributed by atoms with E-state index in [9.17, 15) is 35.5 Å². The molecule has 2 aliphatic heterocycles. The minimum atomic E-state index is -3.00. The van der Waals surface area contributed by atoms with Gasteiger partial charge in [0.2, 0.25) is 0 Å². The molecule has 25 heteroatoms. The van der Waals surface area contributed by atoms with Gasteiger partial charge in [0.05, 0.1) is 35.1 Å². The molecule has 1 aliphatic carbocycles. The molecule has 0 amide bonds. The number of fused-ring (bicyclic) bond motifs is 10. The zero-order valence-corrected chi connectivity index (χ0v) is 85.1. The number of nitrogens with zero attached hydrogens (tertiary/aromatic N) is 9. The van der Waals surface area contributed by atoms with Crippen molar-refractivity contribution >= 4 is 60.9 Å². The minimum Gasteiger partial charge on any atom is -0.657 e. The molecule has 14 aromatic rings. The van der Waals surface area contributed by atoms with E-state index in [-0.39, 0.29) is 174 Å². The van der Waals surface area contributed by atoms with Crippen LogP contribution in [0.15, 0.2) is 243 Å². The number of benzene rings is 6. The molecule has 0 fully saturated rings. The Hall–Kier alpha value is -9.45. The molecule has 12 nitrogen and oxygen atoms in total. The van der Waals surface area contributed by atoms with Crippen molar-refractivity contribution in [1.29, 1.82) is 0 Å². The maximum absolute atomic E-state index is 14.6. The van der Waals surface area contributed by atoms with Gasteiger partial charge in [-0.15, -0.1) is 154 Å². The smallest absolute Gasteiger partial charge is 0.657 e. The Morgan fingerprint density at radius 2 is 0.803 bits per heavy atom. The number of aryl methyl sites for hydroxylation is 4. The Bertz CT molecular complexity index is 5900. The number of allylic oxidation sites excluding steroid dienone is 6. The molecule has 0 saturated carbocycles. The van der Waals surface area contributed by atoms with Crippen LogP contribution < -0.4 is 9.97 Å². The number of halogens is 7. The largest absolute Gasteiger partial charge is 2.00 e. The van der Waals surface area contributed by atoms with E-state index in [0.29, 0.717) is 33.6 Å². The second-order valence-electron chi connectivity index (χ2n) is 27.9. The van der Waals surface area contributed by atoms with E-state index >= 15 is 0 Å². The van der Waals surface area contributed by atoms with E-state index in [1.165, 1.54) is 113 Å². The van der Waals surface area contributed by atoms with E-state index < -0.39 is 17.6 Å². The molecular weight excluding hydrogens is 2690 g/mol. The van der Waals surface area contributed by atoms with Crippen molar-refractivity contribution in [2.24, 2.45) is 0 Å². The van der Waals surface area contributed by atoms with E-state index in [4.69, 9.17) is 30.1 Å². The van der Waals surface area contributed by atoms with Gasteiger partial charge in [0.25, 0.3) is 5.92 Å². The minimum absolute atomic E-state index is 0. The fraction of sp³-hybridized carbons (Fsp3) is 0.196. The summed E-state index contributed by atoms with van der Waals surface area (Å²) < 4.78 is 92.8. The summed E-state index contributed by atoms with van der Waals surface area (Å²) in [7, 11) is 0. The van der Waals surface area contributed by atoms with E-state index in [2.05, 4.69) is 135 Å². The van der Waals surface area contributed by atoms with Crippen LogP contribution in [0.25, 0.3) is 111 Å². The van der Waals surface area contributed by atoms with Gasteiger partial charge in [0.1, 0.15) is 0 Å². The van der Waals surface area contributed by atoms with Crippen molar-refractivity contribution in [1.82, 2.24) is 44.9 Å². The Balaban J connectivity index is 0.000000280. The summed E-state index contributed by atoms with van der Waals surface area (Å²) in [5, 5.41) is 18.6. The van der Waals surface area contributed by atoms with Crippen molar-refractivity contribution in [2.75, 3.05) is 0 Å². The van der Waals surface area contributed by atoms with Gasteiger partial charge in [-0.2, -0.15) is 0 Å². The maximum atomic E-state index is 14.6. The standard InChI is InChI=1S/C36H44N4.C16H8F2N.C12H9FNO.C11H6F2N.2C11H7FN.C5H8O2.5Ir.Pt/c1-9-21-22(10-2)30-18-32-25(13-5)26(14-6)34(39-32)20-36-28(16-8)27(15-7)35(40-36)19-33-24(12-4)23(11-3)31(38-33)17-29(21)37-30;17-16(18)12-6-2-1-5-11(12)15-14-10(8-9-19-15)4-3-7-13(14)16;13-11-3-1-10(2-4-11)12-7-9(8-15)5-6-14-12;12-8-4-5-9(10(13)7-8)11-3-1-2-6-14-11;2*12-10-6-4-9(5-7-10)11-3-1-2-8-13-11;1-4(6)3-5(2)7;;;;;;/h17-20H,9-16H2,1-8H3;1-4,6-9H;1,3-7,15H,8H2;1-4,6-7H;2*1-4,6-8H;3,6H,1-2H3;;;;;;/q-2;5*-1;;;;;;;+2. The summed E-state index contributed by atoms with van der Waals surface area (Å²) in [6, 6.07) is 68.9. The first kappa shape index (κ1) is 108. The zero-order chi connectivity index (χ0) is 86.3. The molecule has 10 heterocycles. The summed E-state index contributed by atoms with van der Waals surface area (Å²) in [5.41, 5.74) is 26.2. The molecule has 127 heavy (non-hydrogen) atoms. The summed E-state index contributed by atoms with van der Waals surface area (Å²) >= 11 is 0. The van der Waals surface area contributed by atoms with E-state index in [1.807, 2.05) is 42.5 Å². The third kappa shape index (κ3) is 27.3. The van der Waals surface area contributed by atoms with Gasteiger partial charge < -0.3 is 45.1 Å². The van der Waals surface area contributed by atoms with E-state index in [0.717, 1.165) is 142 Å². The Labute approximate surface area is 819 Å². The normalized spacial score (nSPS) is 11.6. The van der Waals surface area contributed by atoms with Crippen LogP contribution in [-0.4, -0.2) is 50.9 Å². The third-order valence-corrected chi connectivity index (χ3v) is 20.1. The number of rotatable bonds is 14. The number of carbonyl (C=O) groups is 1. The summed E-state index contributed by atoms with van der Waals surface area (Å²) in [4.78, 5) is 51.6. The number of pyridine rings is 5. The molecule has 3 aliphatic rings. The van der Waals surface area contributed by atoms with Crippen molar-refractivity contribution in [3.8, 4) is 56.3 Å². The van der Waals surface area contributed by atoms with Crippen LogP contribution in [0.4, 0.5) is 30.7 Å². The monoisotopic (exact) mass is 2780 g/mol. The van der Waals surface area contributed by atoms with Crippen LogP contribution in [0.5, 0.6) is 0 Å². The SMILES string of the molecule is CC(=O)C=C(C)O.CCC1=C(CC)c2cc3[n-]c(cc4nc(cc5[n-]c(cc1n2)c(CC)c5CC)C(CC)=C4CC)c(CC)c3CC.FC1(F)c2ccc[c-]c2-c2nccc3cccc1c23.Fc1c[c-]c(-c2ccccn2)c(F)c1.Fc1c[c-]c(-c2ccccn2)cc1.Fc1c[c-]c(-c2ccccn2)cc1.OCc1ccnc(-c2[c-]cc(F)cc2)c1.[Ir].[Ir].[Ir].[Ir].[Ir].[Pt+2]. The molecule has 8 bridgehead atoms. The van der Waals surface area contributed by atoms with Crippen molar-refractivity contribution in [3.05, 3.63) is 364 Å². The quantitative estimate of drug-likeness (QED) is 0.0457. The van der Waals surface area contributed by atoms with Crippen molar-refractivity contribution in [3.63, 3.8) is 0 Å². The van der Waals surface area contributed by atoms with Gasteiger partial charge in [0.15, 0.2) is 5.78 Å². The van der Waals surface area contributed by atoms with Crippen LogP contribution in [0, 0.1) is 59.4 Å². The van der Waals surface area contributed by atoms with Crippen molar-refractivity contribution < 1.29 is 167 Å². The van der Waals surface area contributed by atoms with Gasteiger partial charge in [-0.3, -0.25) is 26.7 Å². The van der Waals surface area contributed by atoms with Gasteiger partial charge >= 0.3 is 21.1 Å². The van der Waals surface area contributed by atoms with Crippen LogP contribution in [0.1, 0.15) is 157 Å². The van der Waals surface area contributed by atoms with E-state index in [1.54, 1.807) is 104 Å². The molecule has 0 unspecified atom stereocenters. The number of hydrogen-bond donors (Lipinski definition) is 2. The number of aliphatic hydroxyl groups is 2. The van der Waals surface area contributed by atoms with Crippen LogP contribution in [0.2, 0.25) is 0 Å². The Morgan fingerprint density at radius 3 is 1.17 bits per heavy atom. The molecule has 0 atom stereocenters. The second-order valence-corrected chi connectivity index (χ2v) is 27.9. The first-order chi connectivity index (χ1) is 58.6. The fourth-order valence-corrected chi connectivity index (χ4v) is 14.6. The number of alkyl halides is 2. The molecule has 0 saturated heterocycles. The maximum Gasteiger partial charge on any atom is 2.00 e. The predicted molar refractivity (Wildman–Crippen MR) is 467 cm³/mol. The molecule has 0 spiro atoms. The molecule has 6 aromatic carbocycles. The summed E-state index contributed by atoms with van der Waals surface area (Å²) in [6.07, 6.45) is 17.0. The Kier molecular flexibility index (Phi) is 44.5. The van der Waals surface area contributed by atoms with Gasteiger partial charge in [-0.1, -0.05) is 180 Å².